The molecule has 0 bridgehead atoms. The van der Waals surface area contributed by atoms with Gasteiger partial charge in [0.1, 0.15) is 0 Å². The predicted octanol–water partition coefficient (Wildman–Crippen LogP) is 4.04. The topological polar surface area (TPSA) is 93.7 Å². The van der Waals surface area contributed by atoms with Crippen LogP contribution >= 0.6 is 0 Å². The van der Waals surface area contributed by atoms with Gasteiger partial charge in [0.2, 0.25) is 15.9 Å². The highest BCUT2D eigenvalue weighted by atomic mass is 32.2. The largest absolute Gasteiger partial charge is 0.448 e. The molecule has 1 amide bonds. The molecule has 1 aliphatic carbocycles. The van der Waals surface area contributed by atoms with E-state index in [1.807, 2.05) is 18.2 Å². The van der Waals surface area contributed by atoms with Crippen LogP contribution in [0.1, 0.15) is 44.1 Å². The summed E-state index contributed by atoms with van der Waals surface area (Å²) in [7, 11) is -3.62. The summed E-state index contributed by atoms with van der Waals surface area (Å²) in [5.41, 5.74) is 1.37. The molecule has 0 saturated heterocycles. The Morgan fingerprint density at radius 3 is 2.52 bits per heavy atom. The lowest BCUT2D eigenvalue weighted by molar-refractivity contribution is -0.116. The number of rotatable bonds is 7. The molecule has 2 aromatic rings. The molecule has 2 aromatic carbocycles. The lowest BCUT2D eigenvalue weighted by atomic mass is 9.94. The molecule has 0 atom stereocenters. The molecule has 1 aliphatic heterocycles. The molecule has 4 rings (SSSR count). The minimum absolute atomic E-state index is 0.000952. The van der Waals surface area contributed by atoms with Gasteiger partial charge >= 0.3 is 0 Å². The van der Waals surface area contributed by atoms with E-state index in [4.69, 9.17) is 9.47 Å². The lowest BCUT2D eigenvalue weighted by Crippen LogP contribution is -2.40. The van der Waals surface area contributed by atoms with Gasteiger partial charge in [-0.2, -0.15) is 0 Å². The van der Waals surface area contributed by atoms with E-state index in [1.54, 1.807) is 30.3 Å². The second kappa shape index (κ2) is 9.11. The van der Waals surface area contributed by atoms with Crippen molar-refractivity contribution in [3.8, 4) is 11.5 Å². The van der Waals surface area contributed by atoms with Crippen LogP contribution in [-0.4, -0.2) is 26.7 Å². The fraction of sp³-hybridized carbons (Fsp3) is 0.348. The number of fused-ring (bicyclic) bond motifs is 1. The SMILES string of the molecule is O=C(CCNS(=O)(=O)C=Cc1ccccc1)Nc1ccc2c(c1)OC1(CCCCC1)O2. The third kappa shape index (κ3) is 5.65. The molecule has 164 valence electrons. The van der Waals surface area contributed by atoms with Gasteiger partial charge in [0.25, 0.3) is 5.79 Å². The Bertz CT molecular complexity index is 1060. The highest BCUT2D eigenvalue weighted by molar-refractivity contribution is 7.92. The van der Waals surface area contributed by atoms with E-state index in [2.05, 4.69) is 10.0 Å². The van der Waals surface area contributed by atoms with E-state index in [9.17, 15) is 13.2 Å². The van der Waals surface area contributed by atoms with Crippen molar-refractivity contribution in [1.82, 2.24) is 4.72 Å². The van der Waals surface area contributed by atoms with Crippen LogP contribution in [0.2, 0.25) is 0 Å². The number of hydrogen-bond donors (Lipinski definition) is 2. The van der Waals surface area contributed by atoms with Gasteiger partial charge in [0.15, 0.2) is 11.5 Å². The van der Waals surface area contributed by atoms with Crippen molar-refractivity contribution in [2.24, 2.45) is 0 Å². The van der Waals surface area contributed by atoms with Crippen LogP contribution in [0.4, 0.5) is 5.69 Å². The third-order valence-corrected chi connectivity index (χ3v) is 6.43. The van der Waals surface area contributed by atoms with E-state index in [0.717, 1.165) is 36.7 Å². The summed E-state index contributed by atoms with van der Waals surface area (Å²) in [6.45, 7) is 0.000952. The van der Waals surface area contributed by atoms with Crippen molar-refractivity contribution in [2.75, 3.05) is 11.9 Å². The summed E-state index contributed by atoms with van der Waals surface area (Å²) in [5.74, 6) is 0.472. The monoisotopic (exact) mass is 442 g/mol. The molecule has 1 spiro atoms. The van der Waals surface area contributed by atoms with Gasteiger partial charge in [-0.1, -0.05) is 36.8 Å². The fourth-order valence-electron chi connectivity index (χ4n) is 3.78. The second-order valence-electron chi connectivity index (χ2n) is 7.79. The molecule has 7 nitrogen and oxygen atoms in total. The zero-order valence-corrected chi connectivity index (χ0v) is 18.0. The number of carbonyl (C=O) groups excluding carboxylic acids is 1. The molecule has 2 aliphatic rings. The highest BCUT2D eigenvalue weighted by Crippen LogP contribution is 2.46. The minimum Gasteiger partial charge on any atom is -0.448 e. The van der Waals surface area contributed by atoms with Crippen molar-refractivity contribution in [1.29, 1.82) is 0 Å². The molecular weight excluding hydrogens is 416 g/mol. The van der Waals surface area contributed by atoms with Gasteiger partial charge in [0.05, 0.1) is 0 Å². The maximum absolute atomic E-state index is 12.2. The van der Waals surface area contributed by atoms with Crippen LogP contribution in [0.25, 0.3) is 6.08 Å². The molecule has 1 saturated carbocycles. The molecule has 1 fully saturated rings. The molecular formula is C23H26N2O5S. The number of hydrogen-bond acceptors (Lipinski definition) is 5. The Labute approximate surface area is 182 Å². The first-order valence-electron chi connectivity index (χ1n) is 10.5. The van der Waals surface area contributed by atoms with E-state index < -0.39 is 15.8 Å². The van der Waals surface area contributed by atoms with E-state index >= 15 is 0 Å². The van der Waals surface area contributed by atoms with E-state index in [-0.39, 0.29) is 18.9 Å². The van der Waals surface area contributed by atoms with Gasteiger partial charge in [-0.25, -0.2) is 13.1 Å². The van der Waals surface area contributed by atoms with Gasteiger partial charge < -0.3 is 14.8 Å². The molecule has 0 radical (unpaired) electrons. The minimum atomic E-state index is -3.62. The summed E-state index contributed by atoms with van der Waals surface area (Å²) in [4.78, 5) is 12.2. The van der Waals surface area contributed by atoms with Gasteiger partial charge in [-0.15, -0.1) is 0 Å². The maximum atomic E-state index is 12.2. The van der Waals surface area contributed by atoms with Crippen molar-refractivity contribution < 1.29 is 22.7 Å². The number of amides is 1. The summed E-state index contributed by atoms with van der Waals surface area (Å²) < 4.78 is 38.6. The quantitative estimate of drug-likeness (QED) is 0.675. The number of anilines is 1. The maximum Gasteiger partial charge on any atom is 0.251 e. The molecule has 31 heavy (non-hydrogen) atoms. The Morgan fingerprint density at radius 1 is 1.00 bits per heavy atom. The third-order valence-electron chi connectivity index (χ3n) is 5.33. The smallest absolute Gasteiger partial charge is 0.251 e. The lowest BCUT2D eigenvalue weighted by Gasteiger charge is -2.31. The molecule has 1 heterocycles. The number of nitrogens with one attached hydrogen (secondary N) is 2. The summed E-state index contributed by atoms with van der Waals surface area (Å²) in [5, 5.41) is 3.88. The van der Waals surface area contributed by atoms with Gasteiger partial charge in [0, 0.05) is 43.0 Å². The van der Waals surface area contributed by atoms with Crippen LogP contribution in [0.3, 0.4) is 0 Å². The zero-order valence-electron chi connectivity index (χ0n) is 17.2. The van der Waals surface area contributed by atoms with Crippen LogP contribution in [-0.2, 0) is 14.8 Å². The number of ether oxygens (including phenoxy) is 2. The van der Waals surface area contributed by atoms with Crippen molar-refractivity contribution in [3.05, 3.63) is 59.5 Å². The van der Waals surface area contributed by atoms with Crippen LogP contribution in [0.5, 0.6) is 11.5 Å². The number of sulfonamides is 1. The Morgan fingerprint density at radius 2 is 1.74 bits per heavy atom. The predicted molar refractivity (Wildman–Crippen MR) is 119 cm³/mol. The Kier molecular flexibility index (Phi) is 6.29. The zero-order chi connectivity index (χ0) is 21.7. The normalized spacial score (nSPS) is 17.2. The Hall–Kier alpha value is -2.84. The number of benzene rings is 2. The summed E-state index contributed by atoms with van der Waals surface area (Å²) in [6, 6.07) is 14.4. The van der Waals surface area contributed by atoms with Crippen LogP contribution in [0, 0.1) is 0 Å². The first-order chi connectivity index (χ1) is 14.9. The van der Waals surface area contributed by atoms with Crippen molar-refractivity contribution >= 4 is 27.7 Å². The fourth-order valence-corrected chi connectivity index (χ4v) is 4.60. The van der Waals surface area contributed by atoms with Crippen LogP contribution < -0.4 is 19.5 Å². The summed E-state index contributed by atoms with van der Waals surface area (Å²) in [6.07, 6.45) is 6.59. The first-order valence-corrected chi connectivity index (χ1v) is 12.0. The number of carbonyl (C=O) groups is 1. The Balaban J connectivity index is 1.26. The van der Waals surface area contributed by atoms with Crippen molar-refractivity contribution in [2.45, 2.75) is 44.3 Å². The van der Waals surface area contributed by atoms with Crippen LogP contribution in [0.15, 0.2) is 53.9 Å². The van der Waals surface area contributed by atoms with Crippen molar-refractivity contribution in [3.63, 3.8) is 0 Å². The molecule has 0 unspecified atom stereocenters. The standard InChI is InChI=1S/C23H26N2O5S/c26-22(11-15-24-31(27,28)16-12-18-7-3-1-4-8-18)25-19-9-10-20-21(17-19)30-23(29-20)13-5-2-6-14-23/h1,3-4,7-10,12,16-17,24H,2,5-6,11,13-15H2,(H,25,26). The van der Waals surface area contributed by atoms with Gasteiger partial charge in [-0.3, -0.25) is 4.79 Å². The molecule has 2 N–H and O–H groups in total. The average molecular weight is 443 g/mol. The van der Waals surface area contributed by atoms with E-state index in [1.165, 1.54) is 12.5 Å². The summed E-state index contributed by atoms with van der Waals surface area (Å²) >= 11 is 0. The first kappa shape index (κ1) is 21.4. The highest BCUT2D eigenvalue weighted by Gasteiger charge is 2.42. The van der Waals surface area contributed by atoms with Gasteiger partial charge in [-0.05, 0) is 36.6 Å². The van der Waals surface area contributed by atoms with E-state index in [0.29, 0.717) is 17.2 Å². The molecule has 0 aromatic heterocycles. The average Bonchev–Trinajstić information content (AvgIpc) is 3.10. The second-order valence-corrected chi connectivity index (χ2v) is 9.44. The molecule has 8 heteroatoms.